The molecule has 142 valence electrons. The summed E-state index contributed by atoms with van der Waals surface area (Å²) in [5, 5.41) is 0. The number of amides is 1. The maximum Gasteiger partial charge on any atom is 0.226 e. The molecule has 1 saturated heterocycles. The first-order chi connectivity index (χ1) is 12.6. The molecule has 1 aliphatic heterocycles. The van der Waals surface area contributed by atoms with Crippen molar-refractivity contribution in [3.8, 4) is 0 Å². The summed E-state index contributed by atoms with van der Waals surface area (Å²) in [5.41, 5.74) is 0. The third-order valence-electron chi connectivity index (χ3n) is 6.52. The Kier molecular flexibility index (Phi) is 5.16. The van der Waals surface area contributed by atoms with Gasteiger partial charge in [-0.3, -0.25) is 4.79 Å². The molecular formula is C21H32N4O. The molecule has 0 radical (unpaired) electrons. The van der Waals surface area contributed by atoms with E-state index in [1.807, 2.05) is 6.20 Å². The molecule has 2 fully saturated rings. The molecule has 5 nitrogen and oxygen atoms in total. The molecule has 4 rings (SSSR count). The Bertz CT molecular complexity index is 657. The summed E-state index contributed by atoms with van der Waals surface area (Å²) < 4.78 is 2.33. The van der Waals surface area contributed by atoms with Crippen LogP contribution in [0.15, 0.2) is 24.5 Å². The first-order valence-electron chi connectivity index (χ1n) is 10.2. The number of carbonyl (C=O) groups is 1. The van der Waals surface area contributed by atoms with Crippen molar-refractivity contribution in [2.75, 3.05) is 33.7 Å². The van der Waals surface area contributed by atoms with Crippen LogP contribution >= 0.6 is 0 Å². The maximum atomic E-state index is 12.9. The van der Waals surface area contributed by atoms with Crippen molar-refractivity contribution in [3.05, 3.63) is 30.4 Å². The van der Waals surface area contributed by atoms with Crippen molar-refractivity contribution in [1.82, 2.24) is 19.4 Å². The predicted molar refractivity (Wildman–Crippen MR) is 103 cm³/mol. The number of hydrogen-bond donors (Lipinski definition) is 0. The molecule has 5 heteroatoms. The fourth-order valence-electron chi connectivity index (χ4n) is 5.08. The van der Waals surface area contributed by atoms with E-state index in [2.05, 4.69) is 51.8 Å². The normalized spacial score (nSPS) is 28.4. The largest absolute Gasteiger partial charge is 0.342 e. The van der Waals surface area contributed by atoms with E-state index in [9.17, 15) is 4.79 Å². The first-order valence-corrected chi connectivity index (χ1v) is 10.2. The van der Waals surface area contributed by atoms with Gasteiger partial charge < -0.3 is 14.4 Å². The summed E-state index contributed by atoms with van der Waals surface area (Å²) >= 11 is 0. The second-order valence-corrected chi connectivity index (χ2v) is 8.62. The van der Waals surface area contributed by atoms with Crippen molar-refractivity contribution in [1.29, 1.82) is 0 Å². The molecule has 3 unspecified atom stereocenters. The zero-order valence-electron chi connectivity index (χ0n) is 16.2. The topological polar surface area (TPSA) is 41.4 Å². The van der Waals surface area contributed by atoms with Gasteiger partial charge >= 0.3 is 0 Å². The van der Waals surface area contributed by atoms with Crippen LogP contribution in [0.1, 0.15) is 43.8 Å². The van der Waals surface area contributed by atoms with Crippen LogP contribution in [-0.4, -0.2) is 59.0 Å². The lowest BCUT2D eigenvalue weighted by Crippen LogP contribution is -2.42. The van der Waals surface area contributed by atoms with E-state index in [4.69, 9.17) is 0 Å². The van der Waals surface area contributed by atoms with Gasteiger partial charge in [0.05, 0.1) is 0 Å². The lowest BCUT2D eigenvalue weighted by Gasteiger charge is -2.34. The van der Waals surface area contributed by atoms with E-state index >= 15 is 0 Å². The summed E-state index contributed by atoms with van der Waals surface area (Å²) in [6, 6.07) is 0. The number of fused-ring (bicyclic) bond motifs is 2. The Morgan fingerprint density at radius 3 is 2.69 bits per heavy atom. The monoisotopic (exact) mass is 356 g/mol. The molecule has 26 heavy (non-hydrogen) atoms. The van der Waals surface area contributed by atoms with Crippen molar-refractivity contribution >= 4 is 5.91 Å². The minimum absolute atomic E-state index is 0.259. The van der Waals surface area contributed by atoms with Crippen LogP contribution in [0.3, 0.4) is 0 Å². The van der Waals surface area contributed by atoms with Crippen LogP contribution < -0.4 is 0 Å². The highest BCUT2D eigenvalue weighted by atomic mass is 16.2. The summed E-state index contributed by atoms with van der Waals surface area (Å²) in [6.45, 7) is 3.92. The zero-order chi connectivity index (χ0) is 18.1. The quantitative estimate of drug-likeness (QED) is 0.736. The highest BCUT2D eigenvalue weighted by Crippen LogP contribution is 2.44. The highest BCUT2D eigenvalue weighted by molar-refractivity contribution is 5.80. The first kappa shape index (κ1) is 17.8. The van der Waals surface area contributed by atoms with Crippen molar-refractivity contribution < 1.29 is 4.79 Å². The number of imidazole rings is 1. The van der Waals surface area contributed by atoms with Crippen LogP contribution in [-0.2, 0) is 11.3 Å². The van der Waals surface area contributed by atoms with E-state index in [1.54, 1.807) is 0 Å². The van der Waals surface area contributed by atoms with Crippen LogP contribution in [0.2, 0.25) is 0 Å². The molecule has 0 spiro atoms. The van der Waals surface area contributed by atoms with Gasteiger partial charge in [-0.25, -0.2) is 4.98 Å². The Balaban J connectivity index is 1.31. The van der Waals surface area contributed by atoms with Crippen LogP contribution in [0.25, 0.3) is 0 Å². The average molecular weight is 357 g/mol. The number of piperidine rings is 1. The smallest absolute Gasteiger partial charge is 0.226 e. The summed E-state index contributed by atoms with van der Waals surface area (Å²) in [5.74, 6) is 3.57. The molecule has 0 aromatic carbocycles. The second-order valence-electron chi connectivity index (χ2n) is 8.62. The van der Waals surface area contributed by atoms with Gasteiger partial charge in [-0.05, 0) is 64.6 Å². The zero-order valence-corrected chi connectivity index (χ0v) is 16.2. The highest BCUT2D eigenvalue weighted by Gasteiger charge is 2.42. The third kappa shape index (κ3) is 3.59. The molecule has 0 N–H and O–H groups in total. The SMILES string of the molecule is CN(C)CCCn1ccnc1C1CCN(C(=O)C2CC3C=CC2C3)CC1. The summed E-state index contributed by atoms with van der Waals surface area (Å²) in [7, 11) is 4.24. The number of aromatic nitrogens is 2. The van der Waals surface area contributed by atoms with E-state index in [0.717, 1.165) is 51.9 Å². The van der Waals surface area contributed by atoms with Crippen molar-refractivity contribution in [2.45, 2.75) is 44.6 Å². The third-order valence-corrected chi connectivity index (χ3v) is 6.52. The average Bonchev–Trinajstić information content (AvgIpc) is 3.38. The molecule has 1 aromatic rings. The molecule has 3 aliphatic rings. The van der Waals surface area contributed by atoms with E-state index < -0.39 is 0 Å². The molecule has 3 atom stereocenters. The van der Waals surface area contributed by atoms with Gasteiger partial charge in [-0.2, -0.15) is 0 Å². The Morgan fingerprint density at radius 1 is 1.23 bits per heavy atom. The number of nitrogens with zero attached hydrogens (tertiary/aromatic N) is 4. The minimum Gasteiger partial charge on any atom is -0.342 e. The van der Waals surface area contributed by atoms with Crippen LogP contribution in [0.4, 0.5) is 0 Å². The number of rotatable bonds is 6. The van der Waals surface area contributed by atoms with Gasteiger partial charge in [0.1, 0.15) is 5.82 Å². The number of carbonyl (C=O) groups excluding carboxylic acids is 1. The van der Waals surface area contributed by atoms with Gasteiger partial charge in [0, 0.05) is 43.9 Å². The molecular weight excluding hydrogens is 324 g/mol. The number of allylic oxidation sites excluding steroid dienone is 2. The predicted octanol–water partition coefficient (Wildman–Crippen LogP) is 2.75. The van der Waals surface area contributed by atoms with Gasteiger partial charge in [-0.15, -0.1) is 0 Å². The Morgan fingerprint density at radius 2 is 2.04 bits per heavy atom. The lowest BCUT2D eigenvalue weighted by molar-refractivity contribution is -0.137. The van der Waals surface area contributed by atoms with Crippen molar-refractivity contribution in [3.63, 3.8) is 0 Å². The van der Waals surface area contributed by atoms with E-state index in [-0.39, 0.29) is 5.92 Å². The van der Waals surface area contributed by atoms with E-state index in [0.29, 0.717) is 23.7 Å². The number of likely N-dealkylation sites (tertiary alicyclic amines) is 1. The summed E-state index contributed by atoms with van der Waals surface area (Å²) in [4.78, 5) is 21.9. The van der Waals surface area contributed by atoms with Gasteiger partial charge in [0.2, 0.25) is 5.91 Å². The molecule has 1 amide bonds. The molecule has 2 aliphatic carbocycles. The standard InChI is InChI=1S/C21H32N4O/c1-23(2)9-3-10-24-13-8-22-20(24)17-6-11-25(12-7-17)21(26)19-15-16-4-5-18(19)14-16/h4-5,8,13,16-19H,3,6-7,9-12,14-15H2,1-2H3. The van der Waals surface area contributed by atoms with Gasteiger partial charge in [0.25, 0.3) is 0 Å². The number of hydrogen-bond acceptors (Lipinski definition) is 3. The molecule has 2 bridgehead atoms. The Labute approximate surface area is 157 Å². The lowest BCUT2D eigenvalue weighted by atomic mass is 9.90. The maximum absolute atomic E-state index is 12.9. The molecule has 1 aromatic heterocycles. The Hall–Kier alpha value is -1.62. The second kappa shape index (κ2) is 7.55. The van der Waals surface area contributed by atoms with Gasteiger partial charge in [-0.1, -0.05) is 12.2 Å². The van der Waals surface area contributed by atoms with E-state index in [1.165, 1.54) is 12.2 Å². The molecule has 2 heterocycles. The molecule has 1 saturated carbocycles. The summed E-state index contributed by atoms with van der Waals surface area (Å²) in [6.07, 6.45) is 14.2. The fourth-order valence-corrected chi connectivity index (χ4v) is 5.08. The van der Waals surface area contributed by atoms with Crippen molar-refractivity contribution in [2.24, 2.45) is 17.8 Å². The van der Waals surface area contributed by atoms with Gasteiger partial charge in [0.15, 0.2) is 0 Å². The number of aryl methyl sites for hydroxylation is 1. The fraction of sp³-hybridized carbons (Fsp3) is 0.714. The van der Waals surface area contributed by atoms with Crippen LogP contribution in [0.5, 0.6) is 0 Å². The minimum atomic E-state index is 0.259. The van der Waals surface area contributed by atoms with Crippen LogP contribution in [0, 0.1) is 17.8 Å².